The predicted molar refractivity (Wildman–Crippen MR) is 115 cm³/mol. The first kappa shape index (κ1) is 22.1. The van der Waals surface area contributed by atoms with Crippen molar-refractivity contribution in [2.24, 2.45) is 0 Å². The smallest absolute Gasteiger partial charge is 0.241 e. The van der Waals surface area contributed by atoms with Crippen LogP contribution in [0.5, 0.6) is 5.75 Å². The lowest BCUT2D eigenvalue weighted by molar-refractivity contribution is -0.120. The number of rotatable bonds is 9. The van der Waals surface area contributed by atoms with Crippen LogP contribution in [-0.4, -0.2) is 46.0 Å². The number of benzene rings is 2. The minimum absolute atomic E-state index is 0.272. The number of carbonyl (C=O) groups is 1. The fraction of sp³-hybridized carbons (Fsp3) is 0.350. The Labute approximate surface area is 171 Å². The molecule has 0 unspecified atom stereocenters. The molecule has 1 N–H and O–H groups in total. The first-order valence-electron chi connectivity index (χ1n) is 8.80. The Bertz CT molecular complexity index is 916. The molecule has 6 nitrogen and oxygen atoms in total. The van der Waals surface area contributed by atoms with E-state index in [0.717, 1.165) is 26.8 Å². The highest BCUT2D eigenvalue weighted by atomic mass is 32.2. The SMILES string of the molecule is CSc1cccc(N(CC(=O)N[C@H](C)COc2ccccc2C)S(C)(=O)=O)c1. The molecule has 0 bridgehead atoms. The van der Waals surface area contributed by atoms with Gasteiger partial charge in [0.25, 0.3) is 0 Å². The van der Waals surface area contributed by atoms with Crippen LogP contribution < -0.4 is 14.4 Å². The third-order valence-corrected chi connectivity index (χ3v) is 5.88. The number of carbonyl (C=O) groups excluding carboxylic acids is 1. The molecule has 0 heterocycles. The van der Waals surface area contributed by atoms with E-state index in [1.807, 2.05) is 50.4 Å². The van der Waals surface area contributed by atoms with Gasteiger partial charge in [-0.1, -0.05) is 24.3 Å². The predicted octanol–water partition coefficient (Wildman–Crippen LogP) is 3.07. The fourth-order valence-corrected chi connectivity index (χ4v) is 3.89. The molecular weight excluding hydrogens is 396 g/mol. The fourth-order valence-electron chi connectivity index (χ4n) is 2.59. The molecule has 0 spiro atoms. The zero-order valence-electron chi connectivity index (χ0n) is 16.5. The molecule has 2 aromatic rings. The molecule has 2 rings (SSSR count). The quantitative estimate of drug-likeness (QED) is 0.629. The lowest BCUT2D eigenvalue weighted by Gasteiger charge is -2.23. The highest BCUT2D eigenvalue weighted by Gasteiger charge is 2.22. The van der Waals surface area contributed by atoms with Gasteiger partial charge in [-0.25, -0.2) is 8.42 Å². The Balaban J connectivity index is 2.00. The van der Waals surface area contributed by atoms with Crippen LogP contribution in [0.15, 0.2) is 53.4 Å². The zero-order chi connectivity index (χ0) is 20.7. The van der Waals surface area contributed by atoms with Gasteiger partial charge in [-0.2, -0.15) is 0 Å². The van der Waals surface area contributed by atoms with E-state index in [0.29, 0.717) is 5.69 Å². The highest BCUT2D eigenvalue weighted by Crippen LogP contribution is 2.23. The summed E-state index contributed by atoms with van der Waals surface area (Å²) in [6.45, 7) is 3.77. The van der Waals surface area contributed by atoms with Gasteiger partial charge >= 0.3 is 0 Å². The number of nitrogens with one attached hydrogen (secondary N) is 1. The molecule has 1 atom stereocenters. The Morgan fingerprint density at radius 3 is 2.57 bits per heavy atom. The summed E-state index contributed by atoms with van der Waals surface area (Å²) in [4.78, 5) is 13.4. The average Bonchev–Trinajstić information content (AvgIpc) is 2.64. The van der Waals surface area contributed by atoms with Gasteiger partial charge in [0, 0.05) is 4.90 Å². The molecular formula is C20H26N2O4S2. The Morgan fingerprint density at radius 1 is 1.21 bits per heavy atom. The van der Waals surface area contributed by atoms with E-state index in [-0.39, 0.29) is 25.1 Å². The Hall–Kier alpha value is -2.19. The van der Waals surface area contributed by atoms with Crippen molar-refractivity contribution in [2.75, 3.05) is 30.0 Å². The Kier molecular flexibility index (Phi) is 7.77. The second-order valence-electron chi connectivity index (χ2n) is 6.52. The lowest BCUT2D eigenvalue weighted by Crippen LogP contribution is -2.44. The van der Waals surface area contributed by atoms with Crippen LogP contribution in [0.2, 0.25) is 0 Å². The van der Waals surface area contributed by atoms with Crippen LogP contribution in [0.25, 0.3) is 0 Å². The molecule has 1 amide bonds. The van der Waals surface area contributed by atoms with Crippen molar-refractivity contribution in [2.45, 2.75) is 24.8 Å². The third kappa shape index (κ3) is 6.45. The molecule has 2 aromatic carbocycles. The monoisotopic (exact) mass is 422 g/mol. The molecule has 8 heteroatoms. The van der Waals surface area contributed by atoms with Crippen molar-refractivity contribution in [1.82, 2.24) is 5.32 Å². The van der Waals surface area contributed by atoms with E-state index < -0.39 is 10.0 Å². The molecule has 0 aliphatic heterocycles. The van der Waals surface area contributed by atoms with Gasteiger partial charge in [0.15, 0.2) is 0 Å². The van der Waals surface area contributed by atoms with E-state index in [1.54, 1.807) is 18.2 Å². The summed E-state index contributed by atoms with van der Waals surface area (Å²) in [7, 11) is -3.60. The summed E-state index contributed by atoms with van der Waals surface area (Å²) in [5, 5.41) is 2.80. The number of para-hydroxylation sites is 1. The maximum Gasteiger partial charge on any atom is 0.241 e. The van der Waals surface area contributed by atoms with Crippen molar-refractivity contribution in [3.63, 3.8) is 0 Å². The van der Waals surface area contributed by atoms with Crippen LogP contribution >= 0.6 is 11.8 Å². The zero-order valence-corrected chi connectivity index (χ0v) is 18.1. The number of hydrogen-bond donors (Lipinski definition) is 1. The number of aryl methyl sites for hydroxylation is 1. The summed E-state index contributed by atoms with van der Waals surface area (Å²) in [6.07, 6.45) is 3.00. The molecule has 0 aromatic heterocycles. The van der Waals surface area contributed by atoms with Crippen molar-refractivity contribution >= 4 is 33.4 Å². The molecule has 0 aliphatic carbocycles. The number of amides is 1. The van der Waals surface area contributed by atoms with Gasteiger partial charge in [0.2, 0.25) is 15.9 Å². The van der Waals surface area contributed by atoms with E-state index in [4.69, 9.17) is 4.74 Å². The Morgan fingerprint density at radius 2 is 1.93 bits per heavy atom. The molecule has 28 heavy (non-hydrogen) atoms. The van der Waals surface area contributed by atoms with Crippen molar-refractivity contribution < 1.29 is 17.9 Å². The molecule has 0 saturated carbocycles. The summed E-state index contributed by atoms with van der Waals surface area (Å²) >= 11 is 1.51. The van der Waals surface area contributed by atoms with Gasteiger partial charge in [0.1, 0.15) is 18.9 Å². The maximum atomic E-state index is 12.4. The van der Waals surface area contributed by atoms with Gasteiger partial charge in [-0.05, 0) is 49.9 Å². The maximum absolute atomic E-state index is 12.4. The first-order chi connectivity index (χ1) is 13.2. The van der Waals surface area contributed by atoms with Crippen LogP contribution in [0.4, 0.5) is 5.69 Å². The van der Waals surface area contributed by atoms with Crippen molar-refractivity contribution in [3.8, 4) is 5.75 Å². The summed E-state index contributed by atoms with van der Waals surface area (Å²) in [5.41, 5.74) is 1.48. The number of hydrogen-bond acceptors (Lipinski definition) is 5. The number of ether oxygens (including phenoxy) is 1. The topological polar surface area (TPSA) is 75.7 Å². The second-order valence-corrected chi connectivity index (χ2v) is 9.30. The van der Waals surface area contributed by atoms with E-state index in [2.05, 4.69) is 5.32 Å². The van der Waals surface area contributed by atoms with E-state index in [1.165, 1.54) is 11.8 Å². The lowest BCUT2D eigenvalue weighted by atomic mass is 10.2. The molecule has 0 radical (unpaired) electrons. The average molecular weight is 423 g/mol. The van der Waals surface area contributed by atoms with Gasteiger partial charge in [-0.3, -0.25) is 9.10 Å². The van der Waals surface area contributed by atoms with Crippen LogP contribution in [0.3, 0.4) is 0 Å². The molecule has 0 saturated heterocycles. The van der Waals surface area contributed by atoms with Crippen LogP contribution in [0, 0.1) is 6.92 Å². The summed E-state index contributed by atoms with van der Waals surface area (Å²) in [5.74, 6) is 0.371. The normalized spacial score (nSPS) is 12.3. The molecule has 0 aliphatic rings. The minimum Gasteiger partial charge on any atom is -0.491 e. The third-order valence-electron chi connectivity index (χ3n) is 4.02. The second kappa shape index (κ2) is 9.84. The first-order valence-corrected chi connectivity index (χ1v) is 11.9. The number of sulfonamides is 1. The molecule has 0 fully saturated rings. The van der Waals surface area contributed by atoms with E-state index >= 15 is 0 Å². The minimum atomic E-state index is -3.60. The van der Waals surface area contributed by atoms with Gasteiger partial charge in [-0.15, -0.1) is 11.8 Å². The van der Waals surface area contributed by atoms with Crippen molar-refractivity contribution in [3.05, 3.63) is 54.1 Å². The highest BCUT2D eigenvalue weighted by molar-refractivity contribution is 7.98. The molecule has 152 valence electrons. The van der Waals surface area contributed by atoms with Gasteiger partial charge in [0.05, 0.1) is 18.0 Å². The van der Waals surface area contributed by atoms with E-state index in [9.17, 15) is 13.2 Å². The summed E-state index contributed by atoms with van der Waals surface area (Å²) in [6, 6.07) is 14.5. The largest absolute Gasteiger partial charge is 0.491 e. The van der Waals surface area contributed by atoms with Gasteiger partial charge < -0.3 is 10.1 Å². The number of nitrogens with zero attached hydrogens (tertiary/aromatic N) is 1. The number of anilines is 1. The van der Waals surface area contributed by atoms with Crippen LogP contribution in [-0.2, 0) is 14.8 Å². The standard InChI is InChI=1S/C20H26N2O4S2/c1-15-8-5-6-11-19(15)26-14-16(2)21-20(23)13-22(28(4,24)25)17-9-7-10-18(12-17)27-3/h5-12,16H,13-14H2,1-4H3,(H,21,23)/t16-/m1/s1. The summed E-state index contributed by atoms with van der Waals surface area (Å²) < 4.78 is 31.3. The van der Waals surface area contributed by atoms with Crippen LogP contribution in [0.1, 0.15) is 12.5 Å². The van der Waals surface area contributed by atoms with Crippen molar-refractivity contribution in [1.29, 1.82) is 0 Å². The number of thioether (sulfide) groups is 1.